The highest BCUT2D eigenvalue weighted by Gasteiger charge is 2.15. The molecular weight excluding hydrogens is 380 g/mol. The Hall–Kier alpha value is -3.86. The summed E-state index contributed by atoms with van der Waals surface area (Å²) >= 11 is 0. The van der Waals surface area contributed by atoms with E-state index in [1.807, 2.05) is 18.2 Å². The first kappa shape index (κ1) is 19.5. The first-order chi connectivity index (χ1) is 14.7. The summed E-state index contributed by atoms with van der Waals surface area (Å²) in [5.41, 5.74) is 1.53. The standard InChI is InChI=1S/C22H22N6O2/c1-30-17-6-4-16(5-7-17)20-18(13-23)21(29)27-22(26-20)25-14-15-8-9-24-19(12-15)28-10-2-3-11-28/h4-9,12H,2-3,10-11,14H2,1H3,(H2,25,26,27,29). The molecular formula is C22H22N6O2. The number of methoxy groups -OCH3 is 1. The third-order valence-electron chi connectivity index (χ3n) is 5.09. The average molecular weight is 402 g/mol. The van der Waals surface area contributed by atoms with E-state index < -0.39 is 5.56 Å². The first-order valence-corrected chi connectivity index (χ1v) is 9.80. The lowest BCUT2D eigenvalue weighted by atomic mass is 10.1. The van der Waals surface area contributed by atoms with Crippen LogP contribution in [0.5, 0.6) is 5.75 Å². The minimum Gasteiger partial charge on any atom is -0.497 e. The second-order valence-corrected chi connectivity index (χ2v) is 7.05. The molecule has 0 atom stereocenters. The fourth-order valence-corrected chi connectivity index (χ4v) is 3.49. The van der Waals surface area contributed by atoms with Crippen molar-refractivity contribution in [3.63, 3.8) is 0 Å². The Morgan fingerprint density at radius 1 is 1.23 bits per heavy atom. The Balaban J connectivity index is 1.57. The summed E-state index contributed by atoms with van der Waals surface area (Å²) in [7, 11) is 1.58. The van der Waals surface area contributed by atoms with Gasteiger partial charge in [0.1, 0.15) is 23.2 Å². The summed E-state index contributed by atoms with van der Waals surface area (Å²) in [6, 6.07) is 13.0. The Morgan fingerprint density at radius 2 is 2.00 bits per heavy atom. The van der Waals surface area contributed by atoms with E-state index >= 15 is 0 Å². The number of benzene rings is 1. The SMILES string of the molecule is COc1ccc(-c2nc(NCc3ccnc(N4CCCC4)c3)[nH]c(=O)c2C#N)cc1. The van der Waals surface area contributed by atoms with Gasteiger partial charge in [0.15, 0.2) is 0 Å². The molecule has 0 unspecified atom stereocenters. The van der Waals surface area contributed by atoms with E-state index in [2.05, 4.69) is 25.2 Å². The van der Waals surface area contributed by atoms with Crippen molar-refractivity contribution < 1.29 is 4.74 Å². The quantitative estimate of drug-likeness (QED) is 0.653. The van der Waals surface area contributed by atoms with Crippen molar-refractivity contribution >= 4 is 11.8 Å². The molecule has 0 saturated carbocycles. The third-order valence-corrected chi connectivity index (χ3v) is 5.09. The molecule has 0 bridgehead atoms. The molecule has 1 aliphatic rings. The maximum absolute atomic E-state index is 12.4. The molecule has 1 fully saturated rings. The van der Waals surface area contributed by atoms with Crippen LogP contribution in [0.15, 0.2) is 47.4 Å². The summed E-state index contributed by atoms with van der Waals surface area (Å²) < 4.78 is 5.17. The van der Waals surface area contributed by atoms with Crippen LogP contribution in [0.2, 0.25) is 0 Å². The van der Waals surface area contributed by atoms with E-state index in [-0.39, 0.29) is 5.56 Å². The average Bonchev–Trinajstić information content (AvgIpc) is 3.33. The number of aromatic amines is 1. The van der Waals surface area contributed by atoms with Gasteiger partial charge in [-0.25, -0.2) is 9.97 Å². The second-order valence-electron chi connectivity index (χ2n) is 7.05. The highest BCUT2D eigenvalue weighted by Crippen LogP contribution is 2.23. The third kappa shape index (κ3) is 4.10. The lowest BCUT2D eigenvalue weighted by Crippen LogP contribution is -2.19. The van der Waals surface area contributed by atoms with E-state index in [1.54, 1.807) is 37.6 Å². The van der Waals surface area contributed by atoms with Crippen LogP contribution in [0.3, 0.4) is 0 Å². The van der Waals surface area contributed by atoms with Crippen LogP contribution in [0.4, 0.5) is 11.8 Å². The van der Waals surface area contributed by atoms with E-state index in [1.165, 1.54) is 12.8 Å². The molecule has 3 heterocycles. The summed E-state index contributed by atoms with van der Waals surface area (Å²) in [5, 5.41) is 12.6. The number of rotatable bonds is 6. The van der Waals surface area contributed by atoms with Gasteiger partial charge in [-0.1, -0.05) is 0 Å². The second kappa shape index (κ2) is 8.66. The Kier molecular flexibility index (Phi) is 5.61. The van der Waals surface area contributed by atoms with Gasteiger partial charge in [-0.2, -0.15) is 5.26 Å². The topological polar surface area (TPSA) is 107 Å². The Labute approximate surface area is 174 Å². The molecule has 2 aromatic heterocycles. The van der Waals surface area contributed by atoms with E-state index in [0.29, 0.717) is 29.5 Å². The molecule has 30 heavy (non-hydrogen) atoms. The van der Waals surface area contributed by atoms with Gasteiger partial charge in [0.2, 0.25) is 5.95 Å². The number of aromatic nitrogens is 3. The number of nitrogens with zero attached hydrogens (tertiary/aromatic N) is 4. The molecule has 1 aliphatic heterocycles. The molecule has 0 radical (unpaired) electrons. The molecule has 0 aliphatic carbocycles. The highest BCUT2D eigenvalue weighted by atomic mass is 16.5. The fourth-order valence-electron chi connectivity index (χ4n) is 3.49. The summed E-state index contributed by atoms with van der Waals surface area (Å²) in [6.45, 7) is 2.53. The van der Waals surface area contributed by atoms with Crippen molar-refractivity contribution in [1.29, 1.82) is 5.26 Å². The maximum atomic E-state index is 12.4. The van der Waals surface area contributed by atoms with Crippen LogP contribution in [0.25, 0.3) is 11.3 Å². The van der Waals surface area contributed by atoms with Crippen molar-refractivity contribution in [3.05, 3.63) is 64.1 Å². The maximum Gasteiger partial charge on any atom is 0.270 e. The largest absolute Gasteiger partial charge is 0.497 e. The van der Waals surface area contributed by atoms with Gasteiger partial charge in [0.25, 0.3) is 5.56 Å². The van der Waals surface area contributed by atoms with Crippen molar-refractivity contribution in [2.45, 2.75) is 19.4 Å². The molecule has 152 valence electrons. The van der Waals surface area contributed by atoms with Crippen LogP contribution >= 0.6 is 0 Å². The molecule has 1 saturated heterocycles. The van der Waals surface area contributed by atoms with Crippen LogP contribution < -0.4 is 20.5 Å². The molecule has 8 heteroatoms. The summed E-state index contributed by atoms with van der Waals surface area (Å²) in [6.07, 6.45) is 4.17. The van der Waals surface area contributed by atoms with Crippen molar-refractivity contribution in [3.8, 4) is 23.1 Å². The predicted octanol–water partition coefficient (Wildman–Crippen LogP) is 2.92. The molecule has 1 aromatic carbocycles. The van der Waals surface area contributed by atoms with E-state index in [0.717, 1.165) is 24.5 Å². The monoisotopic (exact) mass is 402 g/mol. The zero-order chi connectivity index (χ0) is 20.9. The number of anilines is 2. The van der Waals surface area contributed by atoms with Gasteiger partial charge >= 0.3 is 0 Å². The summed E-state index contributed by atoms with van der Waals surface area (Å²) in [4.78, 5) is 26.3. The van der Waals surface area contributed by atoms with Gasteiger partial charge < -0.3 is 15.0 Å². The molecule has 3 aromatic rings. The fraction of sp³-hybridized carbons (Fsp3) is 0.273. The Morgan fingerprint density at radius 3 is 2.70 bits per heavy atom. The van der Waals surface area contributed by atoms with Crippen LogP contribution in [-0.4, -0.2) is 35.2 Å². The molecule has 0 amide bonds. The van der Waals surface area contributed by atoms with Crippen molar-refractivity contribution in [2.75, 3.05) is 30.4 Å². The number of nitriles is 1. The van der Waals surface area contributed by atoms with Gasteiger partial charge in [-0.05, 0) is 54.8 Å². The zero-order valence-electron chi connectivity index (χ0n) is 16.7. The first-order valence-electron chi connectivity index (χ1n) is 9.80. The van der Waals surface area contributed by atoms with Gasteiger partial charge in [-0.3, -0.25) is 9.78 Å². The van der Waals surface area contributed by atoms with Gasteiger partial charge in [-0.15, -0.1) is 0 Å². The molecule has 0 spiro atoms. The van der Waals surface area contributed by atoms with Gasteiger partial charge in [0.05, 0.1) is 12.8 Å². The molecule has 2 N–H and O–H groups in total. The zero-order valence-corrected chi connectivity index (χ0v) is 16.7. The number of hydrogen-bond donors (Lipinski definition) is 2. The number of pyridine rings is 1. The van der Waals surface area contributed by atoms with Crippen LogP contribution in [0.1, 0.15) is 24.0 Å². The van der Waals surface area contributed by atoms with Crippen LogP contribution in [-0.2, 0) is 6.54 Å². The van der Waals surface area contributed by atoms with Gasteiger partial charge in [0, 0.05) is 31.4 Å². The molecule has 4 rings (SSSR count). The van der Waals surface area contributed by atoms with Crippen molar-refractivity contribution in [2.24, 2.45) is 0 Å². The van der Waals surface area contributed by atoms with Crippen LogP contribution in [0, 0.1) is 11.3 Å². The number of ether oxygens (including phenoxy) is 1. The number of H-pyrrole nitrogens is 1. The smallest absolute Gasteiger partial charge is 0.270 e. The minimum atomic E-state index is -0.478. The highest BCUT2D eigenvalue weighted by molar-refractivity contribution is 5.67. The van der Waals surface area contributed by atoms with E-state index in [4.69, 9.17) is 4.74 Å². The minimum absolute atomic E-state index is 0.0223. The molecule has 8 nitrogen and oxygen atoms in total. The number of nitrogens with one attached hydrogen (secondary N) is 2. The summed E-state index contributed by atoms with van der Waals surface area (Å²) in [5.74, 6) is 1.96. The number of hydrogen-bond acceptors (Lipinski definition) is 7. The van der Waals surface area contributed by atoms with Crippen molar-refractivity contribution in [1.82, 2.24) is 15.0 Å². The predicted molar refractivity (Wildman–Crippen MR) is 115 cm³/mol. The Bertz CT molecular complexity index is 1130. The lowest BCUT2D eigenvalue weighted by molar-refractivity contribution is 0.415. The lowest BCUT2D eigenvalue weighted by Gasteiger charge is -2.17. The van der Waals surface area contributed by atoms with E-state index in [9.17, 15) is 10.1 Å². The normalized spacial score (nSPS) is 13.1.